The van der Waals surface area contributed by atoms with Crippen molar-refractivity contribution in [2.24, 2.45) is 0 Å². The fourth-order valence-corrected chi connectivity index (χ4v) is 2.39. The van der Waals surface area contributed by atoms with Crippen molar-refractivity contribution < 1.29 is 23.9 Å². The molecule has 0 bridgehead atoms. The summed E-state index contributed by atoms with van der Waals surface area (Å²) in [5, 5.41) is 14.2. The van der Waals surface area contributed by atoms with Crippen molar-refractivity contribution in [2.45, 2.75) is 6.42 Å². The van der Waals surface area contributed by atoms with Crippen LogP contribution in [0.2, 0.25) is 0 Å². The number of methoxy groups -OCH3 is 2. The topological polar surface area (TPSA) is 118 Å². The van der Waals surface area contributed by atoms with E-state index in [0.717, 1.165) is 5.56 Å². The van der Waals surface area contributed by atoms with E-state index in [4.69, 9.17) is 5.26 Å². The monoisotopic (exact) mass is 381 g/mol. The molecule has 28 heavy (non-hydrogen) atoms. The minimum absolute atomic E-state index is 0.0921. The summed E-state index contributed by atoms with van der Waals surface area (Å²) < 4.78 is 9.35. The predicted molar refractivity (Wildman–Crippen MR) is 102 cm³/mol. The van der Waals surface area contributed by atoms with Crippen LogP contribution in [0, 0.1) is 11.3 Å². The molecule has 0 atom stereocenters. The van der Waals surface area contributed by atoms with Crippen LogP contribution in [0.25, 0.3) is 0 Å². The highest BCUT2D eigenvalue weighted by atomic mass is 16.5. The van der Waals surface area contributed by atoms with Crippen LogP contribution in [-0.4, -0.2) is 38.6 Å². The lowest BCUT2D eigenvalue weighted by Crippen LogP contribution is -2.22. The van der Waals surface area contributed by atoms with Crippen molar-refractivity contribution in [3.63, 3.8) is 0 Å². The second-order valence-corrected chi connectivity index (χ2v) is 5.72. The van der Waals surface area contributed by atoms with Crippen LogP contribution in [0.15, 0.2) is 42.5 Å². The molecule has 144 valence electrons. The Morgan fingerprint density at radius 3 is 2.00 bits per heavy atom. The summed E-state index contributed by atoms with van der Waals surface area (Å²) in [6.07, 6.45) is 0.300. The zero-order valence-electron chi connectivity index (χ0n) is 15.4. The number of hydrogen-bond acceptors (Lipinski definition) is 7. The van der Waals surface area contributed by atoms with Crippen molar-refractivity contribution in [2.75, 3.05) is 31.4 Å². The van der Waals surface area contributed by atoms with Gasteiger partial charge in [-0.25, -0.2) is 9.59 Å². The van der Waals surface area contributed by atoms with E-state index in [1.807, 2.05) is 0 Å². The first-order chi connectivity index (χ1) is 13.5. The quantitative estimate of drug-likeness (QED) is 0.707. The second kappa shape index (κ2) is 9.73. The Morgan fingerprint density at radius 1 is 0.929 bits per heavy atom. The number of carbonyl (C=O) groups excluding carboxylic acids is 3. The van der Waals surface area contributed by atoms with Crippen LogP contribution in [0.5, 0.6) is 0 Å². The smallest absolute Gasteiger partial charge is 0.337 e. The van der Waals surface area contributed by atoms with E-state index in [9.17, 15) is 14.4 Å². The van der Waals surface area contributed by atoms with E-state index < -0.39 is 11.9 Å². The molecular weight excluding hydrogens is 362 g/mol. The zero-order valence-corrected chi connectivity index (χ0v) is 15.4. The summed E-state index contributed by atoms with van der Waals surface area (Å²) in [6.45, 7) is -0.0921. The fraction of sp³-hybridized carbons (Fsp3) is 0.200. The maximum Gasteiger partial charge on any atom is 0.337 e. The van der Waals surface area contributed by atoms with Crippen molar-refractivity contribution in [3.05, 3.63) is 59.2 Å². The summed E-state index contributed by atoms with van der Waals surface area (Å²) in [4.78, 5) is 35.7. The summed E-state index contributed by atoms with van der Waals surface area (Å²) in [5.74, 6) is -1.55. The number of nitrogens with zero attached hydrogens (tertiary/aromatic N) is 1. The molecule has 8 nitrogen and oxygen atoms in total. The molecule has 2 aromatic carbocycles. The number of ether oxygens (including phenoxy) is 2. The molecule has 0 fully saturated rings. The van der Waals surface area contributed by atoms with Gasteiger partial charge in [0.2, 0.25) is 5.91 Å². The Kier molecular flexibility index (Phi) is 7.11. The zero-order chi connectivity index (χ0) is 20.5. The van der Waals surface area contributed by atoms with Crippen molar-refractivity contribution in [1.29, 1.82) is 5.26 Å². The largest absolute Gasteiger partial charge is 0.465 e. The fourth-order valence-electron chi connectivity index (χ4n) is 2.39. The first-order valence-corrected chi connectivity index (χ1v) is 8.28. The van der Waals surface area contributed by atoms with Gasteiger partial charge in [-0.2, -0.15) is 5.26 Å². The number of anilines is 2. The molecule has 1 amide bonds. The molecule has 0 heterocycles. The third-order valence-corrected chi connectivity index (χ3v) is 3.75. The van der Waals surface area contributed by atoms with Crippen molar-refractivity contribution in [3.8, 4) is 6.07 Å². The Morgan fingerprint density at radius 2 is 1.50 bits per heavy atom. The maximum atomic E-state index is 12.1. The standard InChI is InChI=1S/C20H19N3O5/c1-27-19(25)14-9-15(20(26)28-2)11-17(10-14)22-12-18(24)23-16-5-3-13(4-6-16)7-8-21/h3-6,9-11,22H,7,12H2,1-2H3,(H,23,24). The van der Waals surface area contributed by atoms with Crippen LogP contribution in [0.1, 0.15) is 26.3 Å². The van der Waals surface area contributed by atoms with Crippen molar-refractivity contribution in [1.82, 2.24) is 0 Å². The number of nitriles is 1. The Hall–Kier alpha value is -3.86. The average molecular weight is 381 g/mol. The summed E-state index contributed by atoms with van der Waals surface area (Å²) in [5.41, 5.74) is 2.14. The van der Waals surface area contributed by atoms with Gasteiger partial charge in [-0.1, -0.05) is 12.1 Å². The minimum Gasteiger partial charge on any atom is -0.465 e. The lowest BCUT2D eigenvalue weighted by molar-refractivity contribution is -0.114. The van der Waals surface area contributed by atoms with Gasteiger partial charge in [-0.05, 0) is 35.9 Å². The highest BCUT2D eigenvalue weighted by molar-refractivity contribution is 5.98. The number of esters is 2. The highest BCUT2D eigenvalue weighted by Crippen LogP contribution is 2.17. The van der Waals surface area contributed by atoms with Crippen LogP contribution in [0.3, 0.4) is 0 Å². The van der Waals surface area contributed by atoms with E-state index in [2.05, 4.69) is 26.2 Å². The molecule has 0 aromatic heterocycles. The molecule has 0 saturated heterocycles. The van der Waals surface area contributed by atoms with Gasteiger partial charge in [0.1, 0.15) is 0 Å². The molecule has 0 radical (unpaired) electrons. The molecule has 2 rings (SSSR count). The summed E-state index contributed by atoms with van der Waals surface area (Å²) >= 11 is 0. The number of amides is 1. The summed E-state index contributed by atoms with van der Waals surface area (Å²) in [7, 11) is 2.46. The van der Waals surface area contributed by atoms with Gasteiger partial charge in [0, 0.05) is 11.4 Å². The molecule has 0 saturated carbocycles. The Labute approximate surface area is 162 Å². The molecule has 0 aliphatic carbocycles. The number of rotatable bonds is 7. The van der Waals surface area contributed by atoms with Gasteiger partial charge in [0.05, 0.1) is 44.4 Å². The van der Waals surface area contributed by atoms with Crippen LogP contribution < -0.4 is 10.6 Å². The van der Waals surface area contributed by atoms with Crippen LogP contribution >= 0.6 is 0 Å². The molecule has 0 aliphatic heterocycles. The van der Waals surface area contributed by atoms with E-state index in [-0.39, 0.29) is 23.6 Å². The molecular formula is C20H19N3O5. The third kappa shape index (κ3) is 5.57. The Balaban J connectivity index is 2.05. The van der Waals surface area contributed by atoms with Crippen molar-refractivity contribution >= 4 is 29.2 Å². The van der Waals surface area contributed by atoms with Gasteiger partial charge >= 0.3 is 11.9 Å². The predicted octanol–water partition coefficient (Wildman–Crippen LogP) is 2.38. The molecule has 0 aliphatic rings. The molecule has 0 unspecified atom stereocenters. The van der Waals surface area contributed by atoms with E-state index in [1.54, 1.807) is 24.3 Å². The van der Waals surface area contributed by atoms with E-state index in [1.165, 1.54) is 32.4 Å². The Bertz CT molecular complexity index is 882. The number of nitrogens with one attached hydrogen (secondary N) is 2. The number of benzene rings is 2. The first-order valence-electron chi connectivity index (χ1n) is 8.28. The van der Waals surface area contributed by atoms with Gasteiger partial charge < -0.3 is 20.1 Å². The third-order valence-electron chi connectivity index (χ3n) is 3.75. The van der Waals surface area contributed by atoms with Gasteiger partial charge in [-0.3, -0.25) is 4.79 Å². The highest BCUT2D eigenvalue weighted by Gasteiger charge is 2.14. The SMILES string of the molecule is COC(=O)c1cc(NCC(=O)Nc2ccc(CC#N)cc2)cc(C(=O)OC)c1. The van der Waals surface area contributed by atoms with Gasteiger partial charge in [0.25, 0.3) is 0 Å². The normalized spacial score (nSPS) is 9.75. The van der Waals surface area contributed by atoms with Crippen LogP contribution in [0.4, 0.5) is 11.4 Å². The molecule has 0 spiro atoms. The van der Waals surface area contributed by atoms with E-state index in [0.29, 0.717) is 17.8 Å². The average Bonchev–Trinajstić information content (AvgIpc) is 2.72. The maximum absolute atomic E-state index is 12.1. The van der Waals surface area contributed by atoms with Gasteiger partial charge in [0.15, 0.2) is 0 Å². The summed E-state index contributed by atoms with van der Waals surface area (Å²) in [6, 6.07) is 13.3. The molecule has 2 N–H and O–H groups in total. The number of hydrogen-bond donors (Lipinski definition) is 2. The van der Waals surface area contributed by atoms with E-state index >= 15 is 0 Å². The molecule has 8 heteroatoms. The minimum atomic E-state index is -0.615. The van der Waals surface area contributed by atoms with Gasteiger partial charge in [-0.15, -0.1) is 0 Å². The lowest BCUT2D eigenvalue weighted by Gasteiger charge is -2.11. The number of carbonyl (C=O) groups is 3. The van der Waals surface area contributed by atoms with Crippen LogP contribution in [-0.2, 0) is 20.7 Å². The second-order valence-electron chi connectivity index (χ2n) is 5.72. The first kappa shape index (κ1) is 20.5. The molecule has 2 aromatic rings. The lowest BCUT2D eigenvalue weighted by atomic mass is 10.1.